The molecule has 1 heterocycles. The van der Waals surface area contributed by atoms with Gasteiger partial charge in [-0.3, -0.25) is 5.41 Å². The van der Waals surface area contributed by atoms with Gasteiger partial charge in [0.2, 0.25) is 0 Å². The van der Waals surface area contributed by atoms with Crippen LogP contribution in [0, 0.1) is 17.2 Å². The summed E-state index contributed by atoms with van der Waals surface area (Å²) in [6.07, 6.45) is 3.93. The van der Waals surface area contributed by atoms with E-state index in [1.54, 1.807) is 7.11 Å². The first-order valence-electron chi connectivity index (χ1n) is 5.58. The molecule has 80 valence electrons. The fraction of sp³-hybridized carbons (Fsp3) is 0.909. The molecule has 1 N–H and O–H groups in total. The Hall–Kier alpha value is -0.570. The lowest BCUT2D eigenvalue weighted by molar-refractivity contribution is 0.0140. The first-order valence-corrected chi connectivity index (χ1v) is 5.58. The van der Waals surface area contributed by atoms with Crippen molar-refractivity contribution >= 4 is 5.84 Å². The maximum absolute atomic E-state index is 8.00. The first kappa shape index (κ1) is 9.97. The number of piperidine rings is 1. The Balaban J connectivity index is 1.91. The number of amidine groups is 1. The molecule has 1 saturated heterocycles. The Kier molecular flexibility index (Phi) is 2.77. The maximum atomic E-state index is 8.00. The van der Waals surface area contributed by atoms with Gasteiger partial charge in [-0.2, -0.15) is 0 Å². The summed E-state index contributed by atoms with van der Waals surface area (Å²) in [6.45, 7) is 4.22. The summed E-state index contributed by atoms with van der Waals surface area (Å²) in [5.74, 6) is 2.07. The zero-order valence-electron chi connectivity index (χ0n) is 9.12. The molecule has 0 aromatic rings. The predicted octanol–water partition coefficient (Wildman–Crippen LogP) is 1.73. The second-order valence-corrected chi connectivity index (χ2v) is 4.65. The largest absolute Gasteiger partial charge is 0.379 e. The van der Waals surface area contributed by atoms with Crippen LogP contribution >= 0.6 is 0 Å². The van der Waals surface area contributed by atoms with Gasteiger partial charge in [0.1, 0.15) is 0 Å². The van der Waals surface area contributed by atoms with E-state index in [9.17, 15) is 0 Å². The number of methoxy groups -OCH3 is 1. The van der Waals surface area contributed by atoms with Crippen LogP contribution in [0.15, 0.2) is 0 Å². The number of nitrogens with one attached hydrogen (secondary N) is 1. The van der Waals surface area contributed by atoms with Crippen LogP contribution in [-0.4, -0.2) is 37.0 Å². The monoisotopic (exact) mass is 196 g/mol. The van der Waals surface area contributed by atoms with Crippen LogP contribution in [0.2, 0.25) is 0 Å². The van der Waals surface area contributed by atoms with Crippen molar-refractivity contribution in [1.29, 1.82) is 5.41 Å². The smallest absolute Gasteiger partial charge is 0.0990 e. The minimum atomic E-state index is 0.322. The number of hydrogen-bond donors (Lipinski definition) is 1. The van der Waals surface area contributed by atoms with Gasteiger partial charge in [-0.1, -0.05) is 6.92 Å². The molecule has 2 fully saturated rings. The third kappa shape index (κ3) is 1.92. The number of ether oxygens (including phenoxy) is 1. The van der Waals surface area contributed by atoms with Crippen molar-refractivity contribution in [2.24, 2.45) is 11.8 Å². The van der Waals surface area contributed by atoms with E-state index in [1.165, 1.54) is 12.8 Å². The lowest BCUT2D eigenvalue weighted by Crippen LogP contribution is -2.46. The Labute approximate surface area is 85.9 Å². The molecule has 2 aliphatic rings. The molecule has 0 aromatic heterocycles. The minimum Gasteiger partial charge on any atom is -0.379 e. The van der Waals surface area contributed by atoms with E-state index in [0.717, 1.165) is 25.3 Å². The van der Waals surface area contributed by atoms with Crippen LogP contribution in [0.4, 0.5) is 0 Å². The van der Waals surface area contributed by atoms with E-state index in [1.807, 2.05) is 0 Å². The highest BCUT2D eigenvalue weighted by Gasteiger charge is 2.34. The molecule has 2 atom stereocenters. The SMILES string of the molecule is COC1CN(C(=N)C2CC2)CCC1C. The van der Waals surface area contributed by atoms with Crippen molar-refractivity contribution in [3.63, 3.8) is 0 Å². The van der Waals surface area contributed by atoms with Gasteiger partial charge in [-0.25, -0.2) is 0 Å². The number of nitrogens with zero attached hydrogens (tertiary/aromatic N) is 1. The molecule has 14 heavy (non-hydrogen) atoms. The Morgan fingerprint density at radius 3 is 2.64 bits per heavy atom. The average molecular weight is 196 g/mol. The number of likely N-dealkylation sites (tertiary alicyclic amines) is 1. The summed E-state index contributed by atoms with van der Waals surface area (Å²) in [5.41, 5.74) is 0. The maximum Gasteiger partial charge on any atom is 0.0990 e. The highest BCUT2D eigenvalue weighted by Crippen LogP contribution is 2.32. The van der Waals surface area contributed by atoms with Gasteiger partial charge in [-0.15, -0.1) is 0 Å². The zero-order chi connectivity index (χ0) is 10.1. The van der Waals surface area contributed by atoms with Crippen LogP contribution < -0.4 is 0 Å². The third-order valence-corrected chi connectivity index (χ3v) is 3.50. The van der Waals surface area contributed by atoms with Crippen LogP contribution in [0.25, 0.3) is 0 Å². The molecule has 0 radical (unpaired) electrons. The molecule has 1 aliphatic heterocycles. The fourth-order valence-corrected chi connectivity index (χ4v) is 2.17. The number of rotatable bonds is 2. The summed E-state index contributed by atoms with van der Waals surface area (Å²) < 4.78 is 5.45. The fourth-order valence-electron chi connectivity index (χ4n) is 2.17. The van der Waals surface area contributed by atoms with Crippen LogP contribution in [0.3, 0.4) is 0 Å². The molecule has 1 saturated carbocycles. The molecule has 2 rings (SSSR count). The van der Waals surface area contributed by atoms with Gasteiger partial charge in [-0.05, 0) is 25.2 Å². The molecule has 3 nitrogen and oxygen atoms in total. The van der Waals surface area contributed by atoms with E-state index in [0.29, 0.717) is 17.9 Å². The second-order valence-electron chi connectivity index (χ2n) is 4.65. The summed E-state index contributed by atoms with van der Waals surface area (Å²) >= 11 is 0. The van der Waals surface area contributed by atoms with Crippen molar-refractivity contribution in [2.75, 3.05) is 20.2 Å². The van der Waals surface area contributed by atoms with Crippen molar-refractivity contribution in [2.45, 2.75) is 32.3 Å². The van der Waals surface area contributed by atoms with Gasteiger partial charge in [0.05, 0.1) is 11.9 Å². The Morgan fingerprint density at radius 2 is 2.07 bits per heavy atom. The van der Waals surface area contributed by atoms with Crippen molar-refractivity contribution in [3.05, 3.63) is 0 Å². The molecule has 0 aromatic carbocycles. The van der Waals surface area contributed by atoms with Gasteiger partial charge in [0, 0.05) is 26.1 Å². The second kappa shape index (κ2) is 3.89. The summed E-state index contributed by atoms with van der Waals surface area (Å²) in [5, 5.41) is 8.00. The van der Waals surface area contributed by atoms with Crippen molar-refractivity contribution in [1.82, 2.24) is 4.90 Å². The average Bonchev–Trinajstić information content (AvgIpc) is 3.01. The van der Waals surface area contributed by atoms with E-state index in [4.69, 9.17) is 10.1 Å². The van der Waals surface area contributed by atoms with E-state index in [2.05, 4.69) is 11.8 Å². The summed E-state index contributed by atoms with van der Waals surface area (Å²) in [6, 6.07) is 0. The quantitative estimate of drug-likeness (QED) is 0.539. The van der Waals surface area contributed by atoms with E-state index >= 15 is 0 Å². The lowest BCUT2D eigenvalue weighted by Gasteiger charge is -2.37. The topological polar surface area (TPSA) is 36.3 Å². The molecule has 3 heteroatoms. The number of hydrogen-bond acceptors (Lipinski definition) is 2. The molecular formula is C11H20N2O. The summed E-state index contributed by atoms with van der Waals surface area (Å²) in [4.78, 5) is 2.21. The molecule has 2 unspecified atom stereocenters. The van der Waals surface area contributed by atoms with Crippen molar-refractivity contribution in [3.8, 4) is 0 Å². The third-order valence-electron chi connectivity index (χ3n) is 3.50. The van der Waals surface area contributed by atoms with E-state index < -0.39 is 0 Å². The van der Waals surface area contributed by atoms with Crippen LogP contribution in [0.1, 0.15) is 26.2 Å². The molecule has 0 spiro atoms. The van der Waals surface area contributed by atoms with Gasteiger partial charge in [0.25, 0.3) is 0 Å². The van der Waals surface area contributed by atoms with Gasteiger partial charge >= 0.3 is 0 Å². The van der Waals surface area contributed by atoms with Gasteiger partial charge in [0.15, 0.2) is 0 Å². The van der Waals surface area contributed by atoms with Crippen LogP contribution in [-0.2, 0) is 4.74 Å². The molecule has 0 bridgehead atoms. The summed E-state index contributed by atoms with van der Waals surface area (Å²) in [7, 11) is 1.78. The molecule has 0 amide bonds. The highest BCUT2D eigenvalue weighted by atomic mass is 16.5. The zero-order valence-corrected chi connectivity index (χ0v) is 9.12. The predicted molar refractivity (Wildman–Crippen MR) is 56.6 cm³/mol. The molecular weight excluding hydrogens is 176 g/mol. The Morgan fingerprint density at radius 1 is 1.36 bits per heavy atom. The lowest BCUT2D eigenvalue weighted by atomic mass is 9.95. The highest BCUT2D eigenvalue weighted by molar-refractivity contribution is 5.83. The standard InChI is InChI=1S/C11H20N2O/c1-8-5-6-13(7-10(8)14-2)11(12)9-3-4-9/h8-10,12H,3-7H2,1-2H3. The van der Waals surface area contributed by atoms with Crippen LogP contribution in [0.5, 0.6) is 0 Å². The minimum absolute atomic E-state index is 0.322. The van der Waals surface area contributed by atoms with E-state index in [-0.39, 0.29) is 0 Å². The Bertz CT molecular complexity index is 225. The van der Waals surface area contributed by atoms with Gasteiger partial charge < -0.3 is 9.64 Å². The first-order chi connectivity index (χ1) is 6.72. The normalized spacial score (nSPS) is 33.1. The molecule has 1 aliphatic carbocycles. The van der Waals surface area contributed by atoms with Crippen molar-refractivity contribution < 1.29 is 4.74 Å².